The van der Waals surface area contributed by atoms with Gasteiger partial charge in [-0.05, 0) is 67.1 Å². The fourth-order valence-electron chi connectivity index (χ4n) is 7.77. The van der Waals surface area contributed by atoms with Gasteiger partial charge in [-0.2, -0.15) is 0 Å². The molecule has 5 aliphatic rings. The molecule has 5 aliphatic carbocycles. The van der Waals surface area contributed by atoms with Crippen molar-refractivity contribution in [3.63, 3.8) is 0 Å². The van der Waals surface area contributed by atoms with Gasteiger partial charge in [0, 0.05) is 23.7 Å². The van der Waals surface area contributed by atoms with E-state index in [-0.39, 0.29) is 5.92 Å². The van der Waals surface area contributed by atoms with Crippen LogP contribution in [0.1, 0.15) is 18.4 Å². The first-order valence-corrected chi connectivity index (χ1v) is 14.7. The Balaban J connectivity index is 1.55. The molecule has 0 aromatic heterocycles. The number of rotatable bonds is 3. The molecular formula is C40H32. The predicted octanol–water partition coefficient (Wildman–Crippen LogP) is 6.06. The van der Waals surface area contributed by atoms with Gasteiger partial charge >= 0.3 is 0 Å². The highest BCUT2D eigenvalue weighted by Crippen LogP contribution is 2.47. The normalized spacial score (nSPS) is 25.8. The highest BCUT2D eigenvalue weighted by atomic mass is 14.4. The van der Waals surface area contributed by atoms with Crippen molar-refractivity contribution in [1.29, 1.82) is 0 Å². The average molecular weight is 513 g/mol. The molecule has 0 heterocycles. The summed E-state index contributed by atoms with van der Waals surface area (Å²) in [6.45, 7) is 0. The van der Waals surface area contributed by atoms with Crippen LogP contribution in [-0.4, -0.2) is 0 Å². The first kappa shape index (κ1) is 23.5. The largest absolute Gasteiger partial charge is 0.0842 e. The van der Waals surface area contributed by atoms with Gasteiger partial charge in [-0.25, -0.2) is 0 Å². The Morgan fingerprint density at radius 2 is 0.875 bits per heavy atom. The van der Waals surface area contributed by atoms with Crippen LogP contribution in [0.25, 0.3) is 22.3 Å². The van der Waals surface area contributed by atoms with Crippen LogP contribution in [0.2, 0.25) is 0 Å². The van der Waals surface area contributed by atoms with Crippen molar-refractivity contribution in [2.45, 2.75) is 12.8 Å². The Kier molecular flexibility index (Phi) is 5.66. The summed E-state index contributed by atoms with van der Waals surface area (Å²) < 4.78 is 0. The Bertz CT molecular complexity index is 1950. The van der Waals surface area contributed by atoms with Gasteiger partial charge in [0.2, 0.25) is 0 Å². The third kappa shape index (κ3) is 3.59. The summed E-state index contributed by atoms with van der Waals surface area (Å²) >= 11 is 0. The van der Waals surface area contributed by atoms with E-state index >= 15 is 0 Å². The predicted molar refractivity (Wildman–Crippen MR) is 168 cm³/mol. The maximum atomic E-state index is 2.47. The van der Waals surface area contributed by atoms with Crippen LogP contribution in [0.5, 0.6) is 0 Å². The third-order valence-corrected chi connectivity index (χ3v) is 9.35. The van der Waals surface area contributed by atoms with Crippen molar-refractivity contribution in [3.05, 3.63) is 178 Å². The molecule has 0 aliphatic heterocycles. The summed E-state index contributed by atoms with van der Waals surface area (Å²) in [6, 6.07) is 29.4. The molecule has 0 N–H and O–H groups in total. The number of hydrogen-bond donors (Lipinski definition) is 0. The molecule has 4 atom stereocenters. The van der Waals surface area contributed by atoms with E-state index in [2.05, 4.69) is 146 Å². The van der Waals surface area contributed by atoms with Gasteiger partial charge in [-0.1, -0.05) is 146 Å². The van der Waals surface area contributed by atoms with E-state index in [1.807, 2.05) is 0 Å². The number of allylic oxidation sites excluding steroid dienone is 12. The minimum atomic E-state index is 0.288. The van der Waals surface area contributed by atoms with Crippen LogP contribution in [0.3, 0.4) is 0 Å². The van der Waals surface area contributed by atoms with Crippen LogP contribution >= 0.6 is 0 Å². The van der Waals surface area contributed by atoms with Crippen molar-refractivity contribution in [1.82, 2.24) is 0 Å². The van der Waals surface area contributed by atoms with Crippen molar-refractivity contribution < 1.29 is 0 Å². The molecule has 0 nitrogen and oxygen atoms in total. The highest BCUT2D eigenvalue weighted by molar-refractivity contribution is 5.98. The standard InChI is InChI=1S/C40H32/c1-3-15-27(16-4-1)37-29-19-7-11-23-33(29)39(34-24-12-8-20-30(34)37)40-35-25-13-9-21-31(35)38(28-17-5-2-6-18-28)32-22-10-14-26-36(32)40/h1-5,7-17,19-26,29,31,33,35H,6,18H2. The van der Waals surface area contributed by atoms with E-state index in [0.29, 0.717) is 17.8 Å². The minimum Gasteiger partial charge on any atom is -0.0842 e. The maximum absolute atomic E-state index is 2.47. The van der Waals surface area contributed by atoms with Gasteiger partial charge in [-0.3, -0.25) is 0 Å². The fourth-order valence-corrected chi connectivity index (χ4v) is 7.77. The molecule has 3 aromatic carbocycles. The Hall–Kier alpha value is -4.42. The van der Waals surface area contributed by atoms with E-state index in [9.17, 15) is 0 Å². The van der Waals surface area contributed by atoms with Crippen molar-refractivity contribution >= 4 is 22.3 Å². The summed E-state index contributed by atoms with van der Waals surface area (Å²) in [5.41, 5.74) is 8.79. The molecule has 0 bridgehead atoms. The number of hydrogen-bond acceptors (Lipinski definition) is 0. The smallest absolute Gasteiger partial charge is 0.0137 e. The van der Waals surface area contributed by atoms with Crippen LogP contribution in [-0.2, 0) is 0 Å². The highest BCUT2D eigenvalue weighted by Gasteiger charge is 2.39. The first-order chi connectivity index (χ1) is 19.9. The Labute approximate surface area is 236 Å². The molecule has 0 heteroatoms. The van der Waals surface area contributed by atoms with Gasteiger partial charge in [0.25, 0.3) is 0 Å². The molecule has 40 heavy (non-hydrogen) atoms. The topological polar surface area (TPSA) is 0 Å². The number of fused-ring (bicyclic) bond motifs is 4. The molecule has 0 amide bonds. The van der Waals surface area contributed by atoms with Crippen LogP contribution in [0.4, 0.5) is 0 Å². The van der Waals surface area contributed by atoms with Crippen molar-refractivity contribution in [2.24, 2.45) is 23.7 Å². The molecule has 192 valence electrons. The van der Waals surface area contributed by atoms with E-state index < -0.39 is 0 Å². The monoisotopic (exact) mass is 512 g/mol. The van der Waals surface area contributed by atoms with E-state index in [1.54, 1.807) is 0 Å². The summed E-state index contributed by atoms with van der Waals surface area (Å²) in [4.78, 5) is 0. The quantitative estimate of drug-likeness (QED) is 0.400. The van der Waals surface area contributed by atoms with Gasteiger partial charge in [0.1, 0.15) is 0 Å². The molecular weight excluding hydrogens is 480 g/mol. The van der Waals surface area contributed by atoms with Gasteiger partial charge in [-0.15, -0.1) is 0 Å². The lowest BCUT2D eigenvalue weighted by Crippen LogP contribution is -2.46. The Morgan fingerprint density at radius 3 is 1.40 bits per heavy atom. The molecule has 4 unspecified atom stereocenters. The zero-order chi connectivity index (χ0) is 26.5. The summed E-state index contributed by atoms with van der Waals surface area (Å²) in [6.07, 6.45) is 28.0. The van der Waals surface area contributed by atoms with Gasteiger partial charge < -0.3 is 0 Å². The zero-order valence-electron chi connectivity index (χ0n) is 22.6. The molecule has 0 radical (unpaired) electrons. The second-order valence-corrected chi connectivity index (χ2v) is 11.4. The van der Waals surface area contributed by atoms with E-state index in [4.69, 9.17) is 0 Å². The van der Waals surface area contributed by atoms with Crippen LogP contribution in [0, 0.1) is 23.7 Å². The lowest BCUT2D eigenvalue weighted by molar-refractivity contribution is 0.651. The summed E-state index contributed by atoms with van der Waals surface area (Å²) in [5, 5.41) is 5.58. The minimum absolute atomic E-state index is 0.288. The molecule has 0 fully saturated rings. The van der Waals surface area contributed by atoms with E-state index in [1.165, 1.54) is 54.3 Å². The van der Waals surface area contributed by atoms with Crippen LogP contribution < -0.4 is 20.9 Å². The number of benzene rings is 3. The molecule has 8 rings (SSSR count). The van der Waals surface area contributed by atoms with Crippen molar-refractivity contribution in [3.8, 4) is 0 Å². The first-order valence-electron chi connectivity index (χ1n) is 14.7. The van der Waals surface area contributed by atoms with Gasteiger partial charge in [0.15, 0.2) is 0 Å². The lowest BCUT2D eigenvalue weighted by Gasteiger charge is -2.40. The van der Waals surface area contributed by atoms with Crippen molar-refractivity contribution in [2.75, 3.05) is 0 Å². The van der Waals surface area contributed by atoms with Crippen LogP contribution in [0.15, 0.2) is 151 Å². The maximum Gasteiger partial charge on any atom is 0.0137 e. The molecule has 0 saturated carbocycles. The fraction of sp³-hybridized carbons (Fsp3) is 0.150. The molecule has 0 spiro atoms. The third-order valence-electron chi connectivity index (χ3n) is 9.35. The SMILES string of the molecule is C1=CCCC(C2=c3ccccc3=C(C3=c4ccccc4=C(c4ccccc4)C4C=CC=CC34)C3C=CC=CC23)=C1. The summed E-state index contributed by atoms with van der Waals surface area (Å²) in [5.74, 6) is 1.24. The van der Waals surface area contributed by atoms with E-state index in [0.717, 1.165) is 12.8 Å². The molecule has 0 saturated heterocycles. The summed E-state index contributed by atoms with van der Waals surface area (Å²) in [7, 11) is 0. The Morgan fingerprint density at radius 1 is 0.425 bits per heavy atom. The molecule has 3 aromatic rings. The second-order valence-electron chi connectivity index (χ2n) is 11.4. The lowest BCUT2D eigenvalue weighted by atomic mass is 9.63. The second kappa shape index (κ2) is 9.65. The van der Waals surface area contributed by atoms with Gasteiger partial charge in [0.05, 0.1) is 0 Å². The zero-order valence-corrected chi connectivity index (χ0v) is 22.6. The average Bonchev–Trinajstić information content (AvgIpc) is 3.03.